The van der Waals surface area contributed by atoms with Crippen molar-refractivity contribution in [2.45, 2.75) is 0 Å². The summed E-state index contributed by atoms with van der Waals surface area (Å²) in [5.74, 6) is -0.153. The number of rotatable bonds is 2. The van der Waals surface area contributed by atoms with E-state index in [4.69, 9.17) is 11.6 Å². The Balaban J connectivity index is 1.82. The van der Waals surface area contributed by atoms with E-state index < -0.39 is 0 Å². The van der Waals surface area contributed by atoms with Crippen LogP contribution in [0.1, 0.15) is 5.56 Å². The predicted octanol–water partition coefficient (Wildman–Crippen LogP) is 3.69. The van der Waals surface area contributed by atoms with E-state index in [1.54, 1.807) is 24.4 Å². The maximum atomic E-state index is 11.9. The van der Waals surface area contributed by atoms with Crippen LogP contribution in [-0.4, -0.2) is 16.1 Å². The molecule has 1 amide bonds. The van der Waals surface area contributed by atoms with Gasteiger partial charge in [-0.1, -0.05) is 23.7 Å². The van der Waals surface area contributed by atoms with Crippen LogP contribution in [0.4, 0.5) is 5.13 Å². The van der Waals surface area contributed by atoms with Crippen molar-refractivity contribution in [3.63, 3.8) is 0 Å². The Labute approximate surface area is 128 Å². The smallest absolute Gasteiger partial charge is 0.264 e. The lowest BCUT2D eigenvalue weighted by Gasteiger charge is -1.95. The van der Waals surface area contributed by atoms with Crippen molar-refractivity contribution >= 4 is 57.0 Å². The molecule has 100 valence electrons. The van der Waals surface area contributed by atoms with Crippen molar-refractivity contribution in [2.75, 3.05) is 0 Å². The first kappa shape index (κ1) is 13.4. The Kier molecular flexibility index (Phi) is 3.86. The van der Waals surface area contributed by atoms with E-state index in [9.17, 15) is 4.79 Å². The quantitative estimate of drug-likeness (QED) is 0.858. The largest absolute Gasteiger partial charge is 0.300 e. The Hall–Kier alpha value is -1.63. The number of halogens is 1. The SMILES string of the molecule is O=C1NC(=Nc2nccs2)S/C1=C\c1ccc(Cl)cc1. The molecule has 2 aromatic rings. The van der Waals surface area contributed by atoms with Gasteiger partial charge in [-0.3, -0.25) is 4.79 Å². The molecule has 0 atom stereocenters. The molecule has 1 fully saturated rings. The van der Waals surface area contributed by atoms with Gasteiger partial charge in [0.15, 0.2) is 5.17 Å². The molecule has 1 saturated heterocycles. The first-order chi connectivity index (χ1) is 9.70. The highest BCUT2D eigenvalue weighted by molar-refractivity contribution is 8.18. The normalized spacial score (nSPS) is 18.8. The summed E-state index contributed by atoms with van der Waals surface area (Å²) in [6.07, 6.45) is 3.48. The fraction of sp³-hybridized carbons (Fsp3) is 0. The van der Waals surface area contributed by atoms with Crippen LogP contribution >= 0.6 is 34.7 Å². The van der Waals surface area contributed by atoms with Gasteiger partial charge in [-0.25, -0.2) is 4.98 Å². The van der Waals surface area contributed by atoms with Gasteiger partial charge in [0, 0.05) is 16.6 Å². The number of amidine groups is 1. The van der Waals surface area contributed by atoms with Gasteiger partial charge in [0.2, 0.25) is 5.13 Å². The molecule has 4 nitrogen and oxygen atoms in total. The van der Waals surface area contributed by atoms with Gasteiger partial charge in [0.05, 0.1) is 4.91 Å². The van der Waals surface area contributed by atoms with Crippen LogP contribution in [0.3, 0.4) is 0 Å². The summed E-state index contributed by atoms with van der Waals surface area (Å²) in [4.78, 5) is 20.8. The van der Waals surface area contributed by atoms with Gasteiger partial charge in [-0.2, -0.15) is 4.99 Å². The first-order valence-electron chi connectivity index (χ1n) is 5.65. The first-order valence-corrected chi connectivity index (χ1v) is 7.73. The van der Waals surface area contributed by atoms with Crippen molar-refractivity contribution < 1.29 is 4.79 Å². The molecule has 1 aliphatic rings. The fourth-order valence-electron chi connectivity index (χ4n) is 1.55. The standard InChI is InChI=1S/C13H8ClN3OS2/c14-9-3-1-8(2-4-9)7-10-11(18)16-13(20-10)17-12-15-5-6-19-12/h1-7H,(H,15,16,17,18)/b10-7-. The van der Waals surface area contributed by atoms with E-state index in [0.717, 1.165) is 5.56 Å². The number of amides is 1. The summed E-state index contributed by atoms with van der Waals surface area (Å²) in [6.45, 7) is 0. The van der Waals surface area contributed by atoms with Crippen LogP contribution in [0.5, 0.6) is 0 Å². The molecule has 1 aromatic carbocycles. The van der Waals surface area contributed by atoms with Gasteiger partial charge in [-0.15, -0.1) is 11.3 Å². The highest BCUT2D eigenvalue weighted by atomic mass is 35.5. The van der Waals surface area contributed by atoms with Crippen molar-refractivity contribution in [2.24, 2.45) is 4.99 Å². The minimum Gasteiger partial charge on any atom is -0.300 e. The number of aliphatic imine (C=N–C) groups is 1. The Bertz CT molecular complexity index is 693. The van der Waals surface area contributed by atoms with Crippen LogP contribution in [0.2, 0.25) is 5.02 Å². The van der Waals surface area contributed by atoms with Crippen molar-refractivity contribution in [1.82, 2.24) is 10.3 Å². The predicted molar refractivity (Wildman–Crippen MR) is 84.4 cm³/mol. The topological polar surface area (TPSA) is 54.4 Å². The number of hydrogen-bond acceptors (Lipinski definition) is 5. The van der Waals surface area contributed by atoms with Crippen LogP contribution in [0, 0.1) is 0 Å². The second kappa shape index (κ2) is 5.78. The maximum absolute atomic E-state index is 11.9. The zero-order valence-electron chi connectivity index (χ0n) is 10.0. The number of benzene rings is 1. The molecule has 20 heavy (non-hydrogen) atoms. The third-order valence-corrected chi connectivity index (χ3v) is 4.26. The lowest BCUT2D eigenvalue weighted by molar-refractivity contribution is -0.115. The van der Waals surface area contributed by atoms with Crippen LogP contribution in [0.25, 0.3) is 6.08 Å². The summed E-state index contributed by atoms with van der Waals surface area (Å²) in [5, 5.41) is 6.40. The summed E-state index contributed by atoms with van der Waals surface area (Å²) in [7, 11) is 0. The summed E-state index contributed by atoms with van der Waals surface area (Å²) in [6, 6.07) is 7.30. The molecule has 0 bridgehead atoms. The van der Waals surface area contributed by atoms with Crippen LogP contribution in [-0.2, 0) is 4.79 Å². The maximum Gasteiger partial charge on any atom is 0.264 e. The van der Waals surface area contributed by atoms with Crippen LogP contribution in [0.15, 0.2) is 45.7 Å². The van der Waals surface area contributed by atoms with E-state index in [1.165, 1.54) is 23.1 Å². The molecular weight excluding hydrogens is 314 g/mol. The Morgan fingerprint density at radius 3 is 2.80 bits per heavy atom. The third kappa shape index (κ3) is 3.09. The lowest BCUT2D eigenvalue weighted by atomic mass is 10.2. The molecule has 0 unspecified atom stereocenters. The van der Waals surface area contributed by atoms with Gasteiger partial charge < -0.3 is 5.32 Å². The number of thiazole rings is 1. The second-order valence-corrected chi connectivity index (χ2v) is 6.19. The van der Waals surface area contributed by atoms with E-state index in [-0.39, 0.29) is 5.91 Å². The number of aromatic nitrogens is 1. The summed E-state index contributed by atoms with van der Waals surface area (Å²) >= 11 is 8.55. The van der Waals surface area contributed by atoms with E-state index >= 15 is 0 Å². The van der Waals surface area contributed by atoms with Gasteiger partial charge >= 0.3 is 0 Å². The monoisotopic (exact) mass is 321 g/mol. The molecule has 0 radical (unpaired) electrons. The average Bonchev–Trinajstić information content (AvgIpc) is 3.04. The second-order valence-electron chi connectivity index (χ2n) is 3.85. The average molecular weight is 322 g/mol. The molecule has 0 aliphatic carbocycles. The zero-order valence-corrected chi connectivity index (χ0v) is 12.4. The van der Waals surface area contributed by atoms with Crippen molar-refractivity contribution in [1.29, 1.82) is 0 Å². The Morgan fingerprint density at radius 1 is 1.30 bits per heavy atom. The number of nitrogens with zero attached hydrogens (tertiary/aromatic N) is 2. The number of hydrogen-bond donors (Lipinski definition) is 1. The highest BCUT2D eigenvalue weighted by Crippen LogP contribution is 2.28. The number of nitrogens with one attached hydrogen (secondary N) is 1. The van der Waals surface area contributed by atoms with Gasteiger partial charge in [0.25, 0.3) is 5.91 Å². The van der Waals surface area contributed by atoms with Gasteiger partial charge in [0.1, 0.15) is 0 Å². The van der Waals surface area contributed by atoms with Crippen LogP contribution < -0.4 is 5.32 Å². The molecule has 0 spiro atoms. The molecule has 3 rings (SSSR count). The molecule has 7 heteroatoms. The lowest BCUT2D eigenvalue weighted by Crippen LogP contribution is -2.19. The Morgan fingerprint density at radius 2 is 2.10 bits per heavy atom. The van der Waals surface area contributed by atoms with E-state index in [1.807, 2.05) is 17.5 Å². The molecule has 1 aliphatic heterocycles. The van der Waals surface area contributed by atoms with Gasteiger partial charge in [-0.05, 0) is 35.5 Å². The number of carbonyl (C=O) groups is 1. The molecular formula is C13H8ClN3OS2. The summed E-state index contributed by atoms with van der Waals surface area (Å²) in [5.41, 5.74) is 0.919. The molecule has 1 aromatic heterocycles. The van der Waals surface area contributed by atoms with Crippen molar-refractivity contribution in [3.8, 4) is 0 Å². The highest BCUT2D eigenvalue weighted by Gasteiger charge is 2.23. The zero-order chi connectivity index (χ0) is 13.9. The summed E-state index contributed by atoms with van der Waals surface area (Å²) < 4.78 is 0. The molecule has 2 heterocycles. The molecule has 0 saturated carbocycles. The van der Waals surface area contributed by atoms with E-state index in [2.05, 4.69) is 15.3 Å². The van der Waals surface area contributed by atoms with E-state index in [0.29, 0.717) is 20.2 Å². The number of thioether (sulfide) groups is 1. The fourth-order valence-corrected chi connectivity index (χ4v) is 3.06. The third-order valence-electron chi connectivity index (χ3n) is 2.44. The minimum atomic E-state index is -0.153. The number of carbonyl (C=O) groups excluding carboxylic acids is 1. The van der Waals surface area contributed by atoms with Crippen molar-refractivity contribution in [3.05, 3.63) is 51.3 Å². The molecule has 1 N–H and O–H groups in total. The minimum absolute atomic E-state index is 0.153.